The van der Waals surface area contributed by atoms with Crippen LogP contribution in [0.3, 0.4) is 0 Å². The molecule has 25 heavy (non-hydrogen) atoms. The highest BCUT2D eigenvalue weighted by atomic mass is 35.5. The molecular weight excluding hydrogens is 336 g/mol. The monoisotopic (exact) mass is 358 g/mol. The molecule has 1 aliphatic heterocycles. The number of carbonyl (C=O) groups excluding carboxylic acids is 1. The molecule has 0 radical (unpaired) electrons. The second kappa shape index (κ2) is 7.36. The second-order valence-corrected chi connectivity index (χ2v) is 6.83. The van der Waals surface area contributed by atoms with E-state index in [-0.39, 0.29) is 5.91 Å². The van der Waals surface area contributed by atoms with Gasteiger partial charge in [0, 0.05) is 36.8 Å². The van der Waals surface area contributed by atoms with Crippen LogP contribution in [-0.2, 0) is 0 Å². The fourth-order valence-corrected chi connectivity index (χ4v) is 3.28. The van der Waals surface area contributed by atoms with E-state index in [0.717, 1.165) is 35.7 Å². The lowest BCUT2D eigenvalue weighted by Crippen LogP contribution is -2.48. The van der Waals surface area contributed by atoms with Crippen LogP contribution in [0.1, 0.15) is 21.5 Å². The summed E-state index contributed by atoms with van der Waals surface area (Å²) in [7, 11) is 1.66. The number of carbonyl (C=O) groups is 1. The normalized spacial score (nSPS) is 14.6. The number of aryl methyl sites for hydroxylation is 2. The number of piperazine rings is 1. The third-order valence-corrected chi connectivity index (χ3v) is 5.04. The zero-order valence-electron chi connectivity index (χ0n) is 14.9. The highest BCUT2D eigenvalue weighted by molar-refractivity contribution is 6.30. The maximum atomic E-state index is 12.7. The lowest BCUT2D eigenvalue weighted by Gasteiger charge is -2.36. The Kier molecular flexibility index (Phi) is 5.19. The van der Waals surface area contributed by atoms with Crippen LogP contribution in [0.4, 0.5) is 5.69 Å². The molecule has 132 valence electrons. The number of hydrogen-bond donors (Lipinski definition) is 0. The quantitative estimate of drug-likeness (QED) is 0.833. The minimum atomic E-state index is 0.0980. The van der Waals surface area contributed by atoms with Crippen molar-refractivity contribution in [2.45, 2.75) is 13.8 Å². The van der Waals surface area contributed by atoms with E-state index in [0.29, 0.717) is 18.1 Å². The van der Waals surface area contributed by atoms with E-state index in [2.05, 4.69) is 11.8 Å². The van der Waals surface area contributed by atoms with Gasteiger partial charge in [0.1, 0.15) is 5.75 Å². The zero-order valence-corrected chi connectivity index (χ0v) is 15.6. The number of benzene rings is 2. The zero-order chi connectivity index (χ0) is 18.0. The van der Waals surface area contributed by atoms with Gasteiger partial charge in [0.15, 0.2) is 0 Å². The molecule has 2 aromatic carbocycles. The topological polar surface area (TPSA) is 32.8 Å². The smallest absolute Gasteiger partial charge is 0.253 e. The molecule has 5 heteroatoms. The Morgan fingerprint density at radius 3 is 2.36 bits per heavy atom. The molecule has 1 saturated heterocycles. The molecule has 0 aromatic heterocycles. The Labute approximate surface area is 154 Å². The summed E-state index contributed by atoms with van der Waals surface area (Å²) in [5.74, 6) is 0.902. The molecule has 0 bridgehead atoms. The molecule has 1 amide bonds. The number of anilines is 1. The Morgan fingerprint density at radius 2 is 1.72 bits per heavy atom. The first-order valence-corrected chi connectivity index (χ1v) is 8.82. The highest BCUT2D eigenvalue weighted by Gasteiger charge is 2.24. The van der Waals surface area contributed by atoms with Crippen LogP contribution in [0.25, 0.3) is 0 Å². The average Bonchev–Trinajstić information content (AvgIpc) is 2.63. The molecule has 1 heterocycles. The Bertz CT molecular complexity index is 783. The summed E-state index contributed by atoms with van der Waals surface area (Å²) in [6.07, 6.45) is 0. The number of ether oxygens (including phenoxy) is 1. The Balaban J connectivity index is 1.70. The first kappa shape index (κ1) is 17.6. The van der Waals surface area contributed by atoms with Gasteiger partial charge in [-0.1, -0.05) is 17.7 Å². The predicted molar refractivity (Wildman–Crippen MR) is 102 cm³/mol. The summed E-state index contributed by atoms with van der Waals surface area (Å²) in [4.78, 5) is 16.9. The molecule has 2 aromatic rings. The van der Waals surface area contributed by atoms with Crippen molar-refractivity contribution in [3.63, 3.8) is 0 Å². The second-order valence-electron chi connectivity index (χ2n) is 6.39. The molecule has 3 rings (SSSR count). The van der Waals surface area contributed by atoms with Crippen LogP contribution in [-0.4, -0.2) is 44.1 Å². The van der Waals surface area contributed by atoms with Crippen molar-refractivity contribution in [3.8, 4) is 5.75 Å². The third-order valence-electron chi connectivity index (χ3n) is 4.80. The van der Waals surface area contributed by atoms with Crippen LogP contribution in [0, 0.1) is 13.8 Å². The summed E-state index contributed by atoms with van der Waals surface area (Å²) in [5.41, 5.74) is 4.09. The lowest BCUT2D eigenvalue weighted by atomic mass is 10.1. The standard InChI is InChI=1S/C20H23ClN2O2/c1-14-4-5-16(12-15(14)2)20(24)23-10-8-22(9-11-23)18-13-17(21)6-7-19(18)25-3/h4-7,12-13H,8-11H2,1-3H3. The number of nitrogens with zero attached hydrogens (tertiary/aromatic N) is 2. The first-order chi connectivity index (χ1) is 12.0. The van der Waals surface area contributed by atoms with Gasteiger partial charge in [-0.2, -0.15) is 0 Å². The molecule has 0 saturated carbocycles. The number of hydrogen-bond acceptors (Lipinski definition) is 3. The number of halogens is 1. The van der Waals surface area contributed by atoms with Gasteiger partial charge in [-0.25, -0.2) is 0 Å². The maximum Gasteiger partial charge on any atom is 0.253 e. The summed E-state index contributed by atoms with van der Waals surface area (Å²) < 4.78 is 5.44. The van der Waals surface area contributed by atoms with E-state index in [4.69, 9.17) is 16.3 Å². The van der Waals surface area contributed by atoms with Crippen molar-refractivity contribution in [2.24, 2.45) is 0 Å². The highest BCUT2D eigenvalue weighted by Crippen LogP contribution is 2.32. The average molecular weight is 359 g/mol. The van der Waals surface area contributed by atoms with Gasteiger partial charge in [0.05, 0.1) is 12.8 Å². The molecule has 1 fully saturated rings. The van der Waals surface area contributed by atoms with Crippen molar-refractivity contribution >= 4 is 23.2 Å². The molecule has 1 aliphatic rings. The summed E-state index contributed by atoms with van der Waals surface area (Å²) in [6, 6.07) is 11.5. The van der Waals surface area contributed by atoms with E-state index in [9.17, 15) is 4.79 Å². The SMILES string of the molecule is COc1ccc(Cl)cc1N1CCN(C(=O)c2ccc(C)c(C)c2)CC1. The largest absolute Gasteiger partial charge is 0.495 e. The van der Waals surface area contributed by atoms with Crippen LogP contribution in [0.5, 0.6) is 5.75 Å². The minimum Gasteiger partial charge on any atom is -0.495 e. The Morgan fingerprint density at radius 1 is 1.00 bits per heavy atom. The van der Waals surface area contributed by atoms with Gasteiger partial charge in [-0.3, -0.25) is 4.79 Å². The third kappa shape index (κ3) is 3.74. The lowest BCUT2D eigenvalue weighted by molar-refractivity contribution is 0.0746. The molecule has 0 unspecified atom stereocenters. The van der Waals surface area contributed by atoms with Crippen molar-refractivity contribution < 1.29 is 9.53 Å². The van der Waals surface area contributed by atoms with Gasteiger partial charge >= 0.3 is 0 Å². The van der Waals surface area contributed by atoms with E-state index < -0.39 is 0 Å². The van der Waals surface area contributed by atoms with Crippen LogP contribution >= 0.6 is 11.6 Å². The van der Waals surface area contributed by atoms with E-state index in [1.165, 1.54) is 5.56 Å². The minimum absolute atomic E-state index is 0.0980. The fraction of sp³-hybridized carbons (Fsp3) is 0.350. The molecule has 0 spiro atoms. The van der Waals surface area contributed by atoms with Gasteiger partial charge in [-0.05, 0) is 55.3 Å². The summed E-state index contributed by atoms with van der Waals surface area (Å²) >= 11 is 6.13. The van der Waals surface area contributed by atoms with E-state index in [1.54, 1.807) is 7.11 Å². The Hall–Kier alpha value is -2.20. The fourth-order valence-electron chi connectivity index (χ4n) is 3.12. The van der Waals surface area contributed by atoms with Crippen molar-refractivity contribution in [2.75, 3.05) is 38.2 Å². The predicted octanol–water partition coefficient (Wildman–Crippen LogP) is 3.93. The summed E-state index contributed by atoms with van der Waals surface area (Å²) in [5, 5.41) is 0.685. The first-order valence-electron chi connectivity index (χ1n) is 8.44. The number of amides is 1. The molecule has 0 atom stereocenters. The van der Waals surface area contributed by atoms with Crippen molar-refractivity contribution in [3.05, 3.63) is 58.1 Å². The van der Waals surface area contributed by atoms with Crippen molar-refractivity contribution in [1.82, 2.24) is 4.90 Å². The maximum absolute atomic E-state index is 12.7. The molecular formula is C20H23ClN2O2. The summed E-state index contributed by atoms with van der Waals surface area (Å²) in [6.45, 7) is 6.97. The van der Waals surface area contributed by atoms with Crippen LogP contribution in [0.15, 0.2) is 36.4 Å². The van der Waals surface area contributed by atoms with Crippen LogP contribution in [0.2, 0.25) is 5.02 Å². The van der Waals surface area contributed by atoms with Gasteiger partial charge < -0.3 is 14.5 Å². The van der Waals surface area contributed by atoms with Gasteiger partial charge in [0.2, 0.25) is 0 Å². The number of methoxy groups -OCH3 is 1. The molecule has 0 aliphatic carbocycles. The van der Waals surface area contributed by atoms with Gasteiger partial charge in [0.25, 0.3) is 5.91 Å². The van der Waals surface area contributed by atoms with Gasteiger partial charge in [-0.15, -0.1) is 0 Å². The van der Waals surface area contributed by atoms with E-state index in [1.807, 2.05) is 48.2 Å². The molecule has 0 N–H and O–H groups in total. The molecule has 4 nitrogen and oxygen atoms in total. The number of rotatable bonds is 3. The van der Waals surface area contributed by atoms with Crippen molar-refractivity contribution in [1.29, 1.82) is 0 Å². The van der Waals surface area contributed by atoms with Crippen LogP contribution < -0.4 is 9.64 Å². The van der Waals surface area contributed by atoms with E-state index >= 15 is 0 Å².